The Morgan fingerprint density at radius 2 is 1.83 bits per heavy atom. The first kappa shape index (κ1) is 24.4. The third-order valence-electron chi connectivity index (χ3n) is 5.57. The number of aromatic hydroxyl groups is 1. The summed E-state index contributed by atoms with van der Waals surface area (Å²) in [6, 6.07) is 8.48. The second-order valence-corrected chi connectivity index (χ2v) is 14.4. The smallest absolute Gasteiger partial charge is 0.306 e. The van der Waals surface area contributed by atoms with Crippen LogP contribution in [0.2, 0.25) is 18.1 Å². The molecule has 0 bridgehead atoms. The van der Waals surface area contributed by atoms with E-state index in [9.17, 15) is 14.7 Å². The van der Waals surface area contributed by atoms with Crippen LogP contribution >= 0.6 is 15.9 Å². The first-order valence-corrected chi connectivity index (χ1v) is 13.4. The van der Waals surface area contributed by atoms with Gasteiger partial charge in [-0.2, -0.15) is 0 Å². The molecule has 0 aliphatic rings. The van der Waals surface area contributed by atoms with Gasteiger partial charge in [0.05, 0.1) is 26.1 Å². The maximum absolute atomic E-state index is 12.4. The molecule has 0 saturated heterocycles. The monoisotopic (exact) mass is 496 g/mol. The van der Waals surface area contributed by atoms with E-state index in [1.807, 2.05) is 12.1 Å². The van der Waals surface area contributed by atoms with E-state index in [4.69, 9.17) is 13.6 Å². The Morgan fingerprint density at radius 3 is 2.37 bits per heavy atom. The highest BCUT2D eigenvalue weighted by Crippen LogP contribution is 2.38. The fourth-order valence-corrected chi connectivity index (χ4v) is 3.84. The maximum Gasteiger partial charge on any atom is 0.306 e. The molecule has 164 valence electrons. The second kappa shape index (κ2) is 9.49. The molecular weight excluding hydrogens is 468 g/mol. The molecular formula is C22H29BrO6Si. The predicted octanol–water partition coefficient (Wildman–Crippen LogP) is 5.32. The summed E-state index contributed by atoms with van der Waals surface area (Å²) in [5.41, 5.74) is 0.140. The third kappa shape index (κ3) is 5.83. The Morgan fingerprint density at radius 1 is 1.23 bits per heavy atom. The van der Waals surface area contributed by atoms with Crippen molar-refractivity contribution in [3.05, 3.63) is 62.1 Å². The van der Waals surface area contributed by atoms with Crippen LogP contribution in [-0.2, 0) is 20.6 Å². The quantitative estimate of drug-likeness (QED) is 0.412. The standard InChI is InChI=1S/C22H29BrO6Si/c1-22(2,3)30(5,6)28-13-16-11-18(24)20(26)21(29-16)17(12-19(25)27-4)14-7-9-15(23)10-8-14/h7-11,17,26H,12-13H2,1-6H3/t17-/m0/s1. The fourth-order valence-electron chi connectivity index (χ4n) is 2.64. The SMILES string of the molecule is COC(=O)C[C@@H](c1ccc(Br)cc1)c1oc(CO[Si](C)(C)C(C)(C)C)cc(=O)c1O. The van der Waals surface area contributed by atoms with Crippen LogP contribution in [0, 0.1) is 0 Å². The molecule has 1 aromatic carbocycles. The van der Waals surface area contributed by atoms with Gasteiger partial charge in [0.1, 0.15) is 5.76 Å². The minimum absolute atomic E-state index is 0.00209. The number of rotatable bonds is 7. The predicted molar refractivity (Wildman–Crippen MR) is 121 cm³/mol. The lowest BCUT2D eigenvalue weighted by molar-refractivity contribution is -0.140. The highest BCUT2D eigenvalue weighted by molar-refractivity contribution is 9.10. The van der Waals surface area contributed by atoms with Crippen molar-refractivity contribution in [2.75, 3.05) is 7.11 Å². The molecule has 0 radical (unpaired) electrons. The molecule has 6 nitrogen and oxygen atoms in total. The van der Waals surface area contributed by atoms with Gasteiger partial charge in [-0.3, -0.25) is 9.59 Å². The van der Waals surface area contributed by atoms with E-state index in [2.05, 4.69) is 49.8 Å². The van der Waals surface area contributed by atoms with E-state index >= 15 is 0 Å². The van der Waals surface area contributed by atoms with Gasteiger partial charge in [-0.25, -0.2) is 0 Å². The van der Waals surface area contributed by atoms with Crippen molar-refractivity contribution in [3.63, 3.8) is 0 Å². The van der Waals surface area contributed by atoms with Crippen molar-refractivity contribution in [3.8, 4) is 5.75 Å². The lowest BCUT2D eigenvalue weighted by Crippen LogP contribution is -2.40. The Hall–Kier alpha value is -1.90. The molecule has 8 heteroatoms. The first-order chi connectivity index (χ1) is 13.9. The second-order valence-electron chi connectivity index (χ2n) is 8.72. The molecule has 0 fully saturated rings. The molecule has 1 atom stereocenters. The molecule has 0 spiro atoms. The minimum atomic E-state index is -2.07. The van der Waals surface area contributed by atoms with Gasteiger partial charge in [-0.1, -0.05) is 48.8 Å². The summed E-state index contributed by atoms with van der Waals surface area (Å²) in [4.78, 5) is 24.5. The van der Waals surface area contributed by atoms with Crippen LogP contribution in [0.25, 0.3) is 0 Å². The van der Waals surface area contributed by atoms with Gasteiger partial charge in [0.2, 0.25) is 11.2 Å². The number of ether oxygens (including phenoxy) is 1. The molecule has 0 amide bonds. The molecule has 1 heterocycles. The number of benzene rings is 1. The largest absolute Gasteiger partial charge is 0.502 e. The van der Waals surface area contributed by atoms with Gasteiger partial charge in [0.15, 0.2) is 14.1 Å². The van der Waals surface area contributed by atoms with Gasteiger partial charge < -0.3 is 18.7 Å². The zero-order chi connectivity index (χ0) is 22.7. The average molecular weight is 497 g/mol. The topological polar surface area (TPSA) is 86.0 Å². The van der Waals surface area contributed by atoms with Crippen LogP contribution in [0.15, 0.2) is 44.0 Å². The number of halogens is 1. The van der Waals surface area contributed by atoms with Crippen molar-refractivity contribution in [2.24, 2.45) is 0 Å². The summed E-state index contributed by atoms with van der Waals surface area (Å²) in [7, 11) is -0.777. The molecule has 1 aromatic heterocycles. The number of esters is 1. The summed E-state index contributed by atoms with van der Waals surface area (Å²) in [6.07, 6.45) is -0.0822. The summed E-state index contributed by atoms with van der Waals surface area (Å²) in [5, 5.41) is 10.4. The van der Waals surface area contributed by atoms with Gasteiger partial charge in [0.25, 0.3) is 0 Å². The fraction of sp³-hybridized carbons (Fsp3) is 0.455. The number of carbonyl (C=O) groups is 1. The van der Waals surface area contributed by atoms with Crippen LogP contribution in [0.5, 0.6) is 5.75 Å². The Bertz CT molecular complexity index is 944. The van der Waals surface area contributed by atoms with Crippen molar-refractivity contribution >= 4 is 30.2 Å². The van der Waals surface area contributed by atoms with E-state index in [1.165, 1.54) is 13.2 Å². The Labute approximate surface area is 186 Å². The molecule has 1 N–H and O–H groups in total. The van der Waals surface area contributed by atoms with Crippen molar-refractivity contribution in [2.45, 2.75) is 57.8 Å². The summed E-state index contributed by atoms with van der Waals surface area (Å²) >= 11 is 3.38. The van der Waals surface area contributed by atoms with E-state index in [0.29, 0.717) is 11.3 Å². The number of carbonyl (C=O) groups excluding carboxylic acids is 1. The minimum Gasteiger partial charge on any atom is -0.502 e. The Balaban J connectivity index is 2.46. The van der Waals surface area contributed by atoms with Crippen LogP contribution < -0.4 is 5.43 Å². The zero-order valence-electron chi connectivity index (χ0n) is 18.2. The van der Waals surface area contributed by atoms with Crippen LogP contribution in [0.1, 0.15) is 50.2 Å². The van der Waals surface area contributed by atoms with Gasteiger partial charge in [-0.15, -0.1) is 0 Å². The number of hydrogen-bond donors (Lipinski definition) is 1. The van der Waals surface area contributed by atoms with E-state index in [0.717, 1.165) is 4.47 Å². The van der Waals surface area contributed by atoms with Crippen molar-refractivity contribution in [1.29, 1.82) is 0 Å². The molecule has 0 aliphatic carbocycles. The number of hydrogen-bond acceptors (Lipinski definition) is 6. The highest BCUT2D eigenvalue weighted by Gasteiger charge is 2.37. The van der Waals surface area contributed by atoms with E-state index in [1.54, 1.807) is 12.1 Å². The average Bonchev–Trinajstić information content (AvgIpc) is 2.67. The van der Waals surface area contributed by atoms with Crippen LogP contribution in [-0.4, -0.2) is 26.5 Å². The molecule has 0 aliphatic heterocycles. The van der Waals surface area contributed by atoms with E-state index < -0.39 is 31.4 Å². The van der Waals surface area contributed by atoms with Gasteiger partial charge in [0, 0.05) is 10.5 Å². The first-order valence-electron chi connectivity index (χ1n) is 9.68. The molecule has 0 unspecified atom stereocenters. The summed E-state index contributed by atoms with van der Waals surface area (Å²) in [6.45, 7) is 10.7. The maximum atomic E-state index is 12.4. The van der Waals surface area contributed by atoms with Crippen molar-refractivity contribution in [1.82, 2.24) is 0 Å². The third-order valence-corrected chi connectivity index (χ3v) is 10.6. The van der Waals surface area contributed by atoms with Gasteiger partial charge in [-0.05, 0) is 35.8 Å². The van der Waals surface area contributed by atoms with Crippen LogP contribution in [0.4, 0.5) is 0 Å². The Kier molecular flexibility index (Phi) is 7.71. The molecule has 2 aromatic rings. The lowest BCUT2D eigenvalue weighted by atomic mass is 9.92. The number of methoxy groups -OCH3 is 1. The highest BCUT2D eigenvalue weighted by atomic mass is 79.9. The van der Waals surface area contributed by atoms with E-state index in [-0.39, 0.29) is 23.8 Å². The molecule has 0 saturated carbocycles. The summed E-state index contributed by atoms with van der Waals surface area (Å²) < 4.78 is 17.8. The van der Waals surface area contributed by atoms with Crippen molar-refractivity contribution < 1.29 is 23.5 Å². The molecule has 30 heavy (non-hydrogen) atoms. The normalized spacial score (nSPS) is 13.2. The summed E-state index contributed by atoms with van der Waals surface area (Å²) in [5.74, 6) is -1.32. The van der Waals surface area contributed by atoms with Crippen LogP contribution in [0.3, 0.4) is 0 Å². The lowest BCUT2D eigenvalue weighted by Gasteiger charge is -2.35. The van der Waals surface area contributed by atoms with Gasteiger partial charge >= 0.3 is 5.97 Å². The molecule has 2 rings (SSSR count). The zero-order valence-corrected chi connectivity index (χ0v) is 20.8.